The molecule has 1 aliphatic heterocycles. The molecule has 3 aromatic rings. The van der Waals surface area contributed by atoms with E-state index in [1.165, 1.54) is 0 Å². The first-order valence-corrected chi connectivity index (χ1v) is 12.2. The molecule has 0 radical (unpaired) electrons. The number of amides is 2. The first-order valence-electron chi connectivity index (χ1n) is 11.8. The Kier molecular flexibility index (Phi) is 7.51. The van der Waals surface area contributed by atoms with Crippen LogP contribution in [0.2, 0.25) is 5.02 Å². The predicted molar refractivity (Wildman–Crippen MR) is 140 cm³/mol. The van der Waals surface area contributed by atoms with Crippen molar-refractivity contribution in [2.24, 2.45) is 0 Å². The minimum absolute atomic E-state index is 0.276. The van der Waals surface area contributed by atoms with Gasteiger partial charge >= 0.3 is 5.91 Å². The smallest absolute Gasteiger partial charge is 0.304 e. The number of carbonyl (C=O) groups excluding carboxylic acids is 2. The molecule has 35 heavy (non-hydrogen) atoms. The molecule has 2 amide bonds. The van der Waals surface area contributed by atoms with Gasteiger partial charge in [0.2, 0.25) is 12.3 Å². The molecule has 0 unspecified atom stereocenters. The minimum atomic E-state index is -0.781. The summed E-state index contributed by atoms with van der Waals surface area (Å²) in [6.07, 6.45) is 1.89. The lowest BCUT2D eigenvalue weighted by Gasteiger charge is -2.20. The zero-order valence-corrected chi connectivity index (χ0v) is 20.9. The Bertz CT molecular complexity index is 1220. The maximum Gasteiger partial charge on any atom is 0.304 e. The monoisotopic (exact) mass is 489 g/mol. The highest BCUT2D eigenvalue weighted by Gasteiger charge is 2.47. The van der Waals surface area contributed by atoms with Crippen LogP contribution in [-0.2, 0) is 4.79 Å². The molecule has 180 valence electrons. The van der Waals surface area contributed by atoms with Crippen LogP contribution < -0.4 is 15.6 Å². The fraction of sp³-hybridized carbons (Fsp3) is 0.250. The number of aryl methyl sites for hydroxylation is 1. The van der Waals surface area contributed by atoms with Gasteiger partial charge in [0.05, 0.1) is 0 Å². The number of benzene rings is 3. The molecule has 4 rings (SSSR count). The normalized spacial score (nSPS) is 18.4. The molecule has 0 spiro atoms. The summed E-state index contributed by atoms with van der Waals surface area (Å²) in [6, 6.07) is 21.6. The Balaban J connectivity index is 1.66. The highest BCUT2D eigenvalue weighted by molar-refractivity contribution is 6.30. The number of hydrazine groups is 1. The number of anilines is 1. The quantitative estimate of drug-likeness (QED) is 0.480. The van der Waals surface area contributed by atoms with Crippen LogP contribution >= 0.6 is 11.6 Å². The Labute approximate surface area is 211 Å². The second kappa shape index (κ2) is 10.7. The van der Waals surface area contributed by atoms with E-state index in [0.29, 0.717) is 10.6 Å². The predicted octanol–water partition coefficient (Wildman–Crippen LogP) is 4.51. The van der Waals surface area contributed by atoms with Crippen molar-refractivity contribution in [1.29, 1.82) is 0 Å². The van der Waals surface area contributed by atoms with Gasteiger partial charge in [0.25, 0.3) is 5.91 Å². The van der Waals surface area contributed by atoms with Gasteiger partial charge in [-0.15, -0.1) is 10.1 Å². The number of carbonyl (C=O) groups is 2. The molecular formula is C28H30ClN4O2+. The van der Waals surface area contributed by atoms with Gasteiger partial charge in [0.15, 0.2) is 6.04 Å². The number of nitrogens with zero attached hydrogens (tertiary/aromatic N) is 2. The van der Waals surface area contributed by atoms with Crippen LogP contribution in [0.1, 0.15) is 46.9 Å². The molecule has 1 saturated heterocycles. The molecule has 0 saturated carbocycles. The van der Waals surface area contributed by atoms with Crippen molar-refractivity contribution in [3.8, 4) is 0 Å². The number of hydrogen-bond donors (Lipinski definition) is 2. The average molecular weight is 490 g/mol. The Morgan fingerprint density at radius 1 is 1.00 bits per heavy atom. The third kappa shape index (κ3) is 5.54. The van der Waals surface area contributed by atoms with Crippen LogP contribution in [0.25, 0.3) is 0 Å². The zero-order valence-electron chi connectivity index (χ0n) is 20.2. The fourth-order valence-electron chi connectivity index (χ4n) is 4.29. The fourth-order valence-corrected chi connectivity index (χ4v) is 4.42. The third-order valence-corrected chi connectivity index (χ3v) is 6.51. The van der Waals surface area contributed by atoms with Crippen molar-refractivity contribution < 1.29 is 14.3 Å². The van der Waals surface area contributed by atoms with E-state index in [-0.39, 0.29) is 11.8 Å². The maximum atomic E-state index is 13.0. The molecule has 3 aromatic carbocycles. The number of rotatable bonds is 7. The summed E-state index contributed by atoms with van der Waals surface area (Å²) in [5.41, 5.74) is 7.43. The third-order valence-electron chi connectivity index (χ3n) is 6.26. The van der Waals surface area contributed by atoms with E-state index >= 15 is 0 Å². The van der Waals surface area contributed by atoms with Gasteiger partial charge < -0.3 is 10.2 Å². The van der Waals surface area contributed by atoms with E-state index in [0.717, 1.165) is 35.5 Å². The molecular weight excluding hydrogens is 460 g/mol. The van der Waals surface area contributed by atoms with Crippen LogP contribution in [0.5, 0.6) is 0 Å². The summed E-state index contributed by atoms with van der Waals surface area (Å²) in [5, 5.41) is 3.54. The maximum absolute atomic E-state index is 13.0. The van der Waals surface area contributed by atoms with E-state index in [9.17, 15) is 9.59 Å². The van der Waals surface area contributed by atoms with Gasteiger partial charge in [-0.3, -0.25) is 9.59 Å². The van der Waals surface area contributed by atoms with Gasteiger partial charge in [-0.2, -0.15) is 0 Å². The Hall–Kier alpha value is -3.64. The van der Waals surface area contributed by atoms with Gasteiger partial charge in [-0.1, -0.05) is 41.4 Å². The first-order chi connectivity index (χ1) is 16.9. The lowest BCUT2D eigenvalue weighted by molar-refractivity contribution is -0.596. The summed E-state index contributed by atoms with van der Waals surface area (Å²) in [7, 11) is 0. The van der Waals surface area contributed by atoms with Crippen LogP contribution in [0.15, 0.2) is 72.8 Å². The molecule has 0 bridgehead atoms. The second-order valence-electron chi connectivity index (χ2n) is 8.59. The Morgan fingerprint density at radius 3 is 2.23 bits per heavy atom. The average Bonchev–Trinajstić information content (AvgIpc) is 3.16. The van der Waals surface area contributed by atoms with Gasteiger partial charge in [-0.05, 0) is 69.3 Å². The van der Waals surface area contributed by atoms with E-state index in [2.05, 4.69) is 41.6 Å². The van der Waals surface area contributed by atoms with Crippen molar-refractivity contribution in [2.75, 3.05) is 18.0 Å². The van der Waals surface area contributed by atoms with Crippen molar-refractivity contribution in [1.82, 2.24) is 10.7 Å². The molecule has 2 atom stereocenters. The molecule has 2 N–H and O–H groups in total. The summed E-state index contributed by atoms with van der Waals surface area (Å²) >= 11 is 6.11. The van der Waals surface area contributed by atoms with Crippen molar-refractivity contribution >= 4 is 35.3 Å². The molecule has 1 heterocycles. The molecule has 0 aromatic heterocycles. The molecule has 0 aliphatic carbocycles. The largest absolute Gasteiger partial charge is 0.372 e. The summed E-state index contributed by atoms with van der Waals surface area (Å²) in [6.45, 7) is 8.09. The highest BCUT2D eigenvalue weighted by atomic mass is 35.5. The van der Waals surface area contributed by atoms with E-state index in [4.69, 9.17) is 11.6 Å². The van der Waals surface area contributed by atoms with Crippen LogP contribution in [0, 0.1) is 6.92 Å². The van der Waals surface area contributed by atoms with Crippen molar-refractivity contribution in [3.63, 3.8) is 0 Å². The van der Waals surface area contributed by atoms with Crippen LogP contribution in [0.3, 0.4) is 0 Å². The summed E-state index contributed by atoms with van der Waals surface area (Å²) in [4.78, 5) is 28.3. The number of hydrazone groups is 1. The van der Waals surface area contributed by atoms with Crippen LogP contribution in [-0.4, -0.2) is 41.8 Å². The SMILES string of the molecule is CCN(CC)c1ccc(/C=[N+]2\NC(=O)[C@@H](NC(=O)c3ccc(C)cc3)[C@H]2c2ccc(Cl)cc2)cc1. The van der Waals surface area contributed by atoms with Gasteiger partial charge in [-0.25, -0.2) is 0 Å². The first kappa shape index (κ1) is 24.5. The van der Waals surface area contributed by atoms with E-state index in [1.54, 1.807) is 28.9 Å². The minimum Gasteiger partial charge on any atom is -0.372 e. The summed E-state index contributed by atoms with van der Waals surface area (Å²) in [5.74, 6) is -0.573. The number of nitrogens with one attached hydrogen (secondary N) is 2. The van der Waals surface area contributed by atoms with Gasteiger partial charge in [0, 0.05) is 40.5 Å². The van der Waals surface area contributed by atoms with Crippen molar-refractivity contribution in [3.05, 3.63) is 100 Å². The zero-order chi connectivity index (χ0) is 24.9. The van der Waals surface area contributed by atoms with E-state index < -0.39 is 12.1 Å². The lowest BCUT2D eigenvalue weighted by Crippen LogP contribution is -2.42. The van der Waals surface area contributed by atoms with Gasteiger partial charge in [0.1, 0.15) is 0 Å². The van der Waals surface area contributed by atoms with Crippen LogP contribution in [0.4, 0.5) is 5.69 Å². The summed E-state index contributed by atoms with van der Waals surface area (Å²) < 4.78 is 1.76. The van der Waals surface area contributed by atoms with E-state index in [1.807, 2.05) is 49.5 Å². The molecule has 1 fully saturated rings. The molecule has 7 heteroatoms. The topological polar surface area (TPSA) is 64.5 Å². The molecule has 6 nitrogen and oxygen atoms in total. The van der Waals surface area contributed by atoms with Crippen molar-refractivity contribution in [2.45, 2.75) is 32.9 Å². The number of halogens is 1. The lowest BCUT2D eigenvalue weighted by atomic mass is 9.99. The Morgan fingerprint density at radius 2 is 1.63 bits per heavy atom. The highest BCUT2D eigenvalue weighted by Crippen LogP contribution is 2.27. The number of hydrogen-bond acceptors (Lipinski definition) is 3. The standard InChI is InChI=1S/C28H29ClN4O2/c1-4-32(5-2)24-16-8-20(9-17-24)18-33-26(21-12-14-23(29)15-13-21)25(28(35)31-33)30-27(34)22-10-6-19(3)7-11-22/h6-18,25-26H,4-5H2,1-3H3,(H-,30,31,34,35)/p+1/t25-,26+/m0/s1. The second-order valence-corrected chi connectivity index (χ2v) is 9.03. The molecule has 1 aliphatic rings.